The molecule has 0 atom stereocenters. The molecule has 0 saturated heterocycles. The third kappa shape index (κ3) is 2.94. The van der Waals surface area contributed by atoms with Gasteiger partial charge in [-0.25, -0.2) is 4.39 Å². The molecule has 0 radical (unpaired) electrons. The Labute approximate surface area is 98.6 Å². The van der Waals surface area contributed by atoms with Gasteiger partial charge in [0.15, 0.2) is 11.6 Å². The van der Waals surface area contributed by atoms with Crippen LogP contribution in [0.3, 0.4) is 0 Å². The van der Waals surface area contributed by atoms with Gasteiger partial charge in [0, 0.05) is 5.56 Å². The van der Waals surface area contributed by atoms with E-state index in [2.05, 4.69) is 0 Å². The standard InChI is InChI=1S/C12H12FNO3/c1-3-17-10(15)6-8-4-5-9(7-14)11(13)12(8)16-2/h4-5H,3,6H2,1-2H3. The molecule has 0 aliphatic heterocycles. The lowest BCUT2D eigenvalue weighted by Crippen LogP contribution is -2.09. The average molecular weight is 237 g/mol. The Bertz CT molecular complexity index is 466. The Morgan fingerprint density at radius 3 is 2.76 bits per heavy atom. The SMILES string of the molecule is CCOC(=O)Cc1ccc(C#N)c(F)c1OC. The lowest BCUT2D eigenvalue weighted by atomic mass is 10.1. The fraction of sp³-hybridized carbons (Fsp3) is 0.333. The molecule has 0 aliphatic rings. The summed E-state index contributed by atoms with van der Waals surface area (Å²) >= 11 is 0. The third-order valence-corrected chi connectivity index (χ3v) is 2.14. The summed E-state index contributed by atoms with van der Waals surface area (Å²) < 4.78 is 23.3. The molecule has 17 heavy (non-hydrogen) atoms. The minimum atomic E-state index is -0.753. The number of hydrogen-bond donors (Lipinski definition) is 0. The van der Waals surface area contributed by atoms with Crippen LogP contribution in [0.25, 0.3) is 0 Å². The van der Waals surface area contributed by atoms with Gasteiger partial charge in [0.25, 0.3) is 0 Å². The predicted molar refractivity (Wildman–Crippen MR) is 58.0 cm³/mol. The number of benzene rings is 1. The van der Waals surface area contributed by atoms with Gasteiger partial charge >= 0.3 is 5.97 Å². The molecule has 4 nitrogen and oxygen atoms in total. The van der Waals surface area contributed by atoms with Gasteiger partial charge in [-0.2, -0.15) is 5.26 Å². The van der Waals surface area contributed by atoms with E-state index in [0.717, 1.165) is 0 Å². The van der Waals surface area contributed by atoms with Crippen molar-refractivity contribution in [2.24, 2.45) is 0 Å². The van der Waals surface area contributed by atoms with Crippen molar-refractivity contribution in [3.8, 4) is 11.8 Å². The maximum atomic E-state index is 13.7. The minimum absolute atomic E-state index is 0.0837. The molecule has 1 aromatic carbocycles. The Morgan fingerprint density at radius 1 is 1.53 bits per heavy atom. The van der Waals surface area contributed by atoms with Crippen molar-refractivity contribution in [1.82, 2.24) is 0 Å². The van der Waals surface area contributed by atoms with E-state index in [1.54, 1.807) is 13.0 Å². The van der Waals surface area contributed by atoms with Gasteiger partial charge in [-0.3, -0.25) is 4.79 Å². The molecule has 5 heteroatoms. The van der Waals surface area contributed by atoms with Crippen molar-refractivity contribution in [3.05, 3.63) is 29.1 Å². The highest BCUT2D eigenvalue weighted by Gasteiger charge is 2.16. The molecule has 90 valence electrons. The first-order chi connectivity index (χ1) is 8.13. The quantitative estimate of drug-likeness (QED) is 0.749. The molecule has 1 aromatic rings. The maximum absolute atomic E-state index is 13.7. The van der Waals surface area contributed by atoms with Gasteiger partial charge in [0.1, 0.15) is 6.07 Å². The van der Waals surface area contributed by atoms with E-state index >= 15 is 0 Å². The Morgan fingerprint density at radius 2 is 2.24 bits per heavy atom. The number of carbonyl (C=O) groups is 1. The largest absolute Gasteiger partial charge is 0.493 e. The number of nitriles is 1. The first-order valence-electron chi connectivity index (χ1n) is 5.05. The molecule has 0 spiro atoms. The number of esters is 1. The van der Waals surface area contributed by atoms with Crippen LogP contribution < -0.4 is 4.74 Å². The summed E-state index contributed by atoms with van der Waals surface area (Å²) in [7, 11) is 1.29. The van der Waals surface area contributed by atoms with Crippen molar-refractivity contribution in [3.63, 3.8) is 0 Å². The molecule has 0 N–H and O–H groups in total. The van der Waals surface area contributed by atoms with Crippen LogP contribution in [0.5, 0.6) is 5.75 Å². The maximum Gasteiger partial charge on any atom is 0.310 e. The van der Waals surface area contributed by atoms with E-state index in [4.69, 9.17) is 14.7 Å². The second kappa shape index (κ2) is 5.85. The molecule has 0 fully saturated rings. The molecule has 0 saturated carbocycles. The summed E-state index contributed by atoms with van der Waals surface area (Å²) in [5.41, 5.74) is 0.247. The Balaban J connectivity index is 3.05. The Kier molecular flexibility index (Phi) is 4.46. The lowest BCUT2D eigenvalue weighted by Gasteiger charge is -2.09. The van der Waals surface area contributed by atoms with Crippen LogP contribution in [0, 0.1) is 17.1 Å². The number of nitrogens with zero attached hydrogens (tertiary/aromatic N) is 1. The predicted octanol–water partition coefficient (Wildman–Crippen LogP) is 1.81. The molecule has 0 bridgehead atoms. The fourth-order valence-corrected chi connectivity index (χ4v) is 1.41. The number of carbonyl (C=O) groups excluding carboxylic acids is 1. The van der Waals surface area contributed by atoms with Crippen molar-refractivity contribution in [1.29, 1.82) is 5.26 Å². The number of rotatable bonds is 4. The van der Waals surface area contributed by atoms with E-state index in [1.807, 2.05) is 0 Å². The third-order valence-electron chi connectivity index (χ3n) is 2.14. The lowest BCUT2D eigenvalue weighted by molar-refractivity contribution is -0.142. The van der Waals surface area contributed by atoms with E-state index in [-0.39, 0.29) is 24.3 Å². The molecule has 0 aromatic heterocycles. The minimum Gasteiger partial charge on any atom is -0.493 e. The molecule has 0 amide bonds. The van der Waals surface area contributed by atoms with Crippen molar-refractivity contribution < 1.29 is 18.7 Å². The highest BCUT2D eigenvalue weighted by Crippen LogP contribution is 2.25. The molecular formula is C12H12FNO3. The van der Waals surface area contributed by atoms with Crippen molar-refractivity contribution in [2.45, 2.75) is 13.3 Å². The van der Waals surface area contributed by atoms with Gasteiger partial charge < -0.3 is 9.47 Å². The average Bonchev–Trinajstić information content (AvgIpc) is 2.30. The molecule has 0 heterocycles. The van der Waals surface area contributed by atoms with E-state index in [1.165, 1.54) is 19.2 Å². The highest BCUT2D eigenvalue weighted by atomic mass is 19.1. The van der Waals surface area contributed by atoms with Gasteiger partial charge in [-0.05, 0) is 13.0 Å². The van der Waals surface area contributed by atoms with E-state index in [9.17, 15) is 9.18 Å². The zero-order valence-electron chi connectivity index (χ0n) is 9.62. The van der Waals surface area contributed by atoms with Gasteiger partial charge in [-0.15, -0.1) is 0 Å². The summed E-state index contributed by atoms with van der Waals surface area (Å²) in [5.74, 6) is -1.30. The van der Waals surface area contributed by atoms with Crippen LogP contribution in [0.1, 0.15) is 18.1 Å². The van der Waals surface area contributed by atoms with Gasteiger partial charge in [-0.1, -0.05) is 6.07 Å². The zero-order chi connectivity index (χ0) is 12.8. The molecule has 1 rings (SSSR count). The summed E-state index contributed by atoms with van der Waals surface area (Å²) in [6.07, 6.45) is -0.0837. The topological polar surface area (TPSA) is 59.3 Å². The number of methoxy groups -OCH3 is 1. The van der Waals surface area contributed by atoms with E-state index < -0.39 is 11.8 Å². The van der Waals surface area contributed by atoms with Crippen molar-refractivity contribution >= 4 is 5.97 Å². The van der Waals surface area contributed by atoms with Crippen LogP contribution >= 0.6 is 0 Å². The summed E-state index contributed by atoms with van der Waals surface area (Å²) in [6, 6.07) is 4.50. The first-order valence-corrected chi connectivity index (χ1v) is 5.05. The highest BCUT2D eigenvalue weighted by molar-refractivity contribution is 5.73. The fourth-order valence-electron chi connectivity index (χ4n) is 1.41. The van der Waals surface area contributed by atoms with E-state index in [0.29, 0.717) is 5.56 Å². The van der Waals surface area contributed by atoms with Crippen LogP contribution in [-0.2, 0) is 16.0 Å². The first kappa shape index (κ1) is 13.0. The number of hydrogen-bond acceptors (Lipinski definition) is 4. The van der Waals surface area contributed by atoms with Crippen LogP contribution in [0.15, 0.2) is 12.1 Å². The molecular weight excluding hydrogens is 225 g/mol. The van der Waals surface area contributed by atoms with Crippen LogP contribution in [0.4, 0.5) is 4.39 Å². The molecule has 0 aliphatic carbocycles. The second-order valence-electron chi connectivity index (χ2n) is 3.21. The number of halogens is 1. The monoisotopic (exact) mass is 237 g/mol. The van der Waals surface area contributed by atoms with Gasteiger partial charge in [0.2, 0.25) is 0 Å². The van der Waals surface area contributed by atoms with Crippen molar-refractivity contribution in [2.75, 3.05) is 13.7 Å². The van der Waals surface area contributed by atoms with Crippen LogP contribution in [-0.4, -0.2) is 19.7 Å². The number of ether oxygens (including phenoxy) is 2. The second-order valence-corrected chi connectivity index (χ2v) is 3.21. The van der Waals surface area contributed by atoms with Gasteiger partial charge in [0.05, 0.1) is 25.7 Å². The Hall–Kier alpha value is -2.09. The molecule has 0 unspecified atom stereocenters. The zero-order valence-corrected chi connectivity index (χ0v) is 9.62. The van der Waals surface area contributed by atoms with Crippen LogP contribution in [0.2, 0.25) is 0 Å². The normalized spacial score (nSPS) is 9.53. The summed E-state index contributed by atoms with van der Waals surface area (Å²) in [4.78, 5) is 11.3. The smallest absolute Gasteiger partial charge is 0.310 e. The summed E-state index contributed by atoms with van der Waals surface area (Å²) in [5, 5.41) is 8.66. The summed E-state index contributed by atoms with van der Waals surface area (Å²) in [6.45, 7) is 1.95.